The number of aryl methyl sites for hydroxylation is 1. The summed E-state index contributed by atoms with van der Waals surface area (Å²) in [5.41, 5.74) is 3.12. The smallest absolute Gasteiger partial charge is 0.226 e. The van der Waals surface area contributed by atoms with Gasteiger partial charge in [-0.25, -0.2) is 17.7 Å². The van der Waals surface area contributed by atoms with Gasteiger partial charge in [0.15, 0.2) is 0 Å². The molecule has 1 amide bonds. The zero-order chi connectivity index (χ0) is 19.9. The Morgan fingerprint density at radius 2 is 1.89 bits per heavy atom. The number of piperidine rings is 2. The molecule has 0 spiro atoms. The Bertz CT molecular complexity index is 976. The molecule has 0 saturated carbocycles. The van der Waals surface area contributed by atoms with Crippen molar-refractivity contribution in [3.63, 3.8) is 0 Å². The average molecular weight is 405 g/mol. The lowest BCUT2D eigenvalue weighted by Gasteiger charge is -2.38. The number of H-pyrrole nitrogens is 1. The molecule has 1 aromatic heterocycles. The third kappa shape index (κ3) is 3.80. The second-order valence-electron chi connectivity index (χ2n) is 8.12. The van der Waals surface area contributed by atoms with Crippen LogP contribution in [-0.4, -0.2) is 59.4 Å². The van der Waals surface area contributed by atoms with Crippen molar-refractivity contribution >= 4 is 27.0 Å². The molecule has 3 heterocycles. The first-order chi connectivity index (χ1) is 13.3. The highest BCUT2D eigenvalue weighted by Gasteiger charge is 2.36. The van der Waals surface area contributed by atoms with Crippen molar-refractivity contribution in [3.8, 4) is 0 Å². The van der Waals surface area contributed by atoms with Crippen LogP contribution in [0.4, 0.5) is 0 Å². The van der Waals surface area contributed by atoms with Crippen molar-refractivity contribution in [1.82, 2.24) is 19.2 Å². The van der Waals surface area contributed by atoms with Gasteiger partial charge in [-0.1, -0.05) is 6.07 Å². The Hall–Kier alpha value is -1.93. The Morgan fingerprint density at radius 1 is 1.14 bits per heavy atom. The number of hydrogen-bond donors (Lipinski definition) is 1. The molecular weight excluding hydrogens is 376 g/mol. The van der Waals surface area contributed by atoms with Gasteiger partial charge in [0.25, 0.3) is 0 Å². The normalized spacial score (nSPS) is 22.6. The molecule has 0 unspecified atom stereocenters. The minimum Gasteiger partial charge on any atom is -0.340 e. The van der Waals surface area contributed by atoms with Gasteiger partial charge in [0, 0.05) is 25.6 Å². The summed E-state index contributed by atoms with van der Waals surface area (Å²) in [5, 5.41) is 0. The number of hydrogen-bond acceptors (Lipinski definition) is 4. The number of aromatic amines is 1. The van der Waals surface area contributed by atoms with E-state index < -0.39 is 10.0 Å². The first-order valence-electron chi connectivity index (χ1n) is 10.0. The van der Waals surface area contributed by atoms with Crippen molar-refractivity contribution in [2.75, 3.05) is 25.9 Å². The summed E-state index contributed by atoms with van der Waals surface area (Å²) in [4.78, 5) is 23.5. The quantitative estimate of drug-likeness (QED) is 0.852. The third-order valence-electron chi connectivity index (χ3n) is 6.03. The number of imidazole rings is 1. The number of sulfonamides is 1. The van der Waals surface area contributed by atoms with Crippen molar-refractivity contribution in [3.05, 3.63) is 29.6 Å². The molecule has 1 aromatic carbocycles. The van der Waals surface area contributed by atoms with E-state index in [0.29, 0.717) is 25.9 Å². The van der Waals surface area contributed by atoms with Crippen LogP contribution >= 0.6 is 0 Å². The number of benzene rings is 1. The molecule has 2 aliphatic heterocycles. The summed E-state index contributed by atoms with van der Waals surface area (Å²) in [6.45, 7) is 3.65. The van der Waals surface area contributed by atoms with E-state index in [2.05, 4.69) is 18.0 Å². The summed E-state index contributed by atoms with van der Waals surface area (Å²) < 4.78 is 24.9. The lowest BCUT2D eigenvalue weighted by atomic mass is 9.93. The zero-order valence-electron chi connectivity index (χ0n) is 16.5. The lowest BCUT2D eigenvalue weighted by Crippen LogP contribution is -2.46. The summed E-state index contributed by atoms with van der Waals surface area (Å²) in [7, 11) is -3.18. The molecule has 28 heavy (non-hydrogen) atoms. The SMILES string of the molecule is Cc1ccc2nc([C@H]3CCCCN3C(=O)C3CCN(S(C)(=O)=O)CC3)[nH]c2c1. The van der Waals surface area contributed by atoms with Crippen LogP contribution in [0.15, 0.2) is 18.2 Å². The minimum absolute atomic E-state index is 0.0260. The van der Waals surface area contributed by atoms with Crippen LogP contribution in [0, 0.1) is 12.8 Å². The monoisotopic (exact) mass is 404 g/mol. The third-order valence-corrected chi connectivity index (χ3v) is 7.33. The Morgan fingerprint density at radius 3 is 2.61 bits per heavy atom. The van der Waals surface area contributed by atoms with E-state index in [1.165, 1.54) is 16.1 Å². The molecule has 0 radical (unpaired) electrons. The number of carbonyl (C=O) groups excluding carboxylic acids is 1. The van der Waals surface area contributed by atoms with Crippen molar-refractivity contribution in [2.24, 2.45) is 5.92 Å². The van der Waals surface area contributed by atoms with Crippen molar-refractivity contribution in [2.45, 2.75) is 45.1 Å². The number of amides is 1. The number of nitrogens with zero attached hydrogens (tertiary/aromatic N) is 3. The molecule has 8 heteroatoms. The maximum atomic E-state index is 13.3. The largest absolute Gasteiger partial charge is 0.340 e. The zero-order valence-corrected chi connectivity index (χ0v) is 17.3. The molecule has 152 valence electrons. The fourth-order valence-corrected chi connectivity index (χ4v) is 5.32. The maximum absolute atomic E-state index is 13.3. The number of nitrogens with one attached hydrogen (secondary N) is 1. The number of carbonyl (C=O) groups is 1. The second kappa shape index (κ2) is 7.48. The highest BCUT2D eigenvalue weighted by atomic mass is 32.2. The summed E-state index contributed by atoms with van der Waals surface area (Å²) in [5.74, 6) is 0.905. The van der Waals surface area contributed by atoms with Crippen LogP contribution in [0.5, 0.6) is 0 Å². The van der Waals surface area contributed by atoms with Gasteiger partial charge in [-0.05, 0) is 56.7 Å². The molecule has 0 aliphatic carbocycles. The standard InChI is InChI=1S/C20H28N4O3S/c1-14-6-7-16-17(13-14)22-19(21-16)18-5-3-4-10-24(18)20(25)15-8-11-23(12-9-15)28(2,26)27/h6-7,13,15,18H,3-5,8-12H2,1-2H3,(H,21,22)/t18-/m1/s1. The van der Waals surface area contributed by atoms with Gasteiger partial charge in [-0.3, -0.25) is 4.79 Å². The molecule has 2 aromatic rings. The number of likely N-dealkylation sites (tertiary alicyclic amines) is 1. The lowest BCUT2D eigenvalue weighted by molar-refractivity contribution is -0.141. The molecule has 1 atom stereocenters. The number of fused-ring (bicyclic) bond motifs is 1. The van der Waals surface area contributed by atoms with Crippen LogP contribution in [0.3, 0.4) is 0 Å². The molecule has 1 N–H and O–H groups in total. The van der Waals surface area contributed by atoms with Gasteiger partial charge >= 0.3 is 0 Å². The maximum Gasteiger partial charge on any atom is 0.226 e. The van der Waals surface area contributed by atoms with E-state index in [-0.39, 0.29) is 17.9 Å². The first-order valence-corrected chi connectivity index (χ1v) is 11.9. The molecule has 2 fully saturated rings. The van der Waals surface area contributed by atoms with Crippen LogP contribution < -0.4 is 0 Å². The van der Waals surface area contributed by atoms with Gasteiger partial charge in [-0.2, -0.15) is 0 Å². The number of aromatic nitrogens is 2. The van der Waals surface area contributed by atoms with Crippen molar-refractivity contribution in [1.29, 1.82) is 0 Å². The fraction of sp³-hybridized carbons (Fsp3) is 0.600. The van der Waals surface area contributed by atoms with E-state index in [4.69, 9.17) is 4.98 Å². The van der Waals surface area contributed by atoms with E-state index in [0.717, 1.165) is 42.7 Å². The van der Waals surface area contributed by atoms with Gasteiger partial charge in [0.1, 0.15) is 5.82 Å². The van der Waals surface area contributed by atoms with Gasteiger partial charge in [0.05, 0.1) is 23.3 Å². The molecule has 2 saturated heterocycles. The molecular formula is C20H28N4O3S. The summed E-state index contributed by atoms with van der Waals surface area (Å²) >= 11 is 0. The summed E-state index contributed by atoms with van der Waals surface area (Å²) in [6, 6.07) is 6.12. The second-order valence-corrected chi connectivity index (χ2v) is 10.1. The van der Waals surface area contributed by atoms with Crippen LogP contribution in [0.2, 0.25) is 0 Å². The predicted octanol–water partition coefficient (Wildman–Crippen LogP) is 2.60. The minimum atomic E-state index is -3.18. The predicted molar refractivity (Wildman–Crippen MR) is 108 cm³/mol. The van der Waals surface area contributed by atoms with E-state index in [1.807, 2.05) is 17.0 Å². The first kappa shape index (κ1) is 19.4. The fourth-order valence-electron chi connectivity index (χ4n) is 4.45. The molecule has 0 bridgehead atoms. The number of rotatable bonds is 3. The Kier molecular flexibility index (Phi) is 5.18. The molecule has 2 aliphatic rings. The highest BCUT2D eigenvalue weighted by molar-refractivity contribution is 7.88. The van der Waals surface area contributed by atoms with Crippen LogP contribution in [0.25, 0.3) is 11.0 Å². The molecule has 4 rings (SSSR count). The van der Waals surface area contributed by atoms with Crippen LogP contribution in [0.1, 0.15) is 49.5 Å². The van der Waals surface area contributed by atoms with E-state index in [9.17, 15) is 13.2 Å². The van der Waals surface area contributed by atoms with E-state index >= 15 is 0 Å². The highest BCUT2D eigenvalue weighted by Crippen LogP contribution is 2.33. The Balaban J connectivity index is 1.52. The van der Waals surface area contributed by atoms with Crippen LogP contribution in [-0.2, 0) is 14.8 Å². The molecule has 7 nitrogen and oxygen atoms in total. The Labute approximate surface area is 166 Å². The van der Waals surface area contributed by atoms with Gasteiger partial charge in [0.2, 0.25) is 15.9 Å². The van der Waals surface area contributed by atoms with Crippen molar-refractivity contribution < 1.29 is 13.2 Å². The van der Waals surface area contributed by atoms with E-state index in [1.54, 1.807) is 0 Å². The van der Waals surface area contributed by atoms with Gasteiger partial charge in [-0.15, -0.1) is 0 Å². The van der Waals surface area contributed by atoms with Gasteiger partial charge < -0.3 is 9.88 Å². The average Bonchev–Trinajstić information content (AvgIpc) is 3.10. The summed E-state index contributed by atoms with van der Waals surface area (Å²) in [6.07, 6.45) is 5.41. The topological polar surface area (TPSA) is 86.4 Å².